The number of nitrogens with one attached hydrogen (secondary N) is 1. The number of carboxylic acids is 1. The van der Waals surface area contributed by atoms with Crippen molar-refractivity contribution in [2.24, 2.45) is 0 Å². The van der Waals surface area contributed by atoms with Crippen LogP contribution in [-0.4, -0.2) is 28.3 Å². The summed E-state index contributed by atoms with van der Waals surface area (Å²) in [5.74, 6) is -3.40. The van der Waals surface area contributed by atoms with Gasteiger partial charge in [-0.2, -0.15) is 0 Å². The number of carboxylic acid groups (broad SMARTS) is 1. The van der Waals surface area contributed by atoms with Gasteiger partial charge in [-0.25, -0.2) is 13.6 Å². The molecule has 0 aromatic heterocycles. The van der Waals surface area contributed by atoms with Crippen molar-refractivity contribution in [1.82, 2.24) is 5.32 Å². The van der Waals surface area contributed by atoms with E-state index in [0.717, 1.165) is 36.7 Å². The molecule has 0 aliphatic heterocycles. The SMILES string of the molecule is O=C(CSc1ccc(F)c(F)c1)NC1(C(=O)O)CCCC1. The highest BCUT2D eigenvalue weighted by Gasteiger charge is 2.42. The van der Waals surface area contributed by atoms with E-state index in [-0.39, 0.29) is 5.75 Å². The summed E-state index contributed by atoms with van der Waals surface area (Å²) in [6, 6.07) is 3.37. The zero-order valence-electron chi connectivity index (χ0n) is 11.2. The molecule has 2 N–H and O–H groups in total. The Balaban J connectivity index is 1.92. The van der Waals surface area contributed by atoms with Crippen LogP contribution < -0.4 is 5.32 Å². The van der Waals surface area contributed by atoms with Crippen molar-refractivity contribution in [1.29, 1.82) is 0 Å². The number of aliphatic carboxylic acids is 1. The van der Waals surface area contributed by atoms with Gasteiger partial charge >= 0.3 is 5.97 Å². The molecule has 1 aliphatic carbocycles. The summed E-state index contributed by atoms with van der Waals surface area (Å²) in [5.41, 5.74) is -1.17. The largest absolute Gasteiger partial charge is 0.480 e. The molecule has 0 heterocycles. The maximum absolute atomic E-state index is 13.0. The van der Waals surface area contributed by atoms with Crippen LogP contribution in [0.15, 0.2) is 23.1 Å². The molecule has 0 unspecified atom stereocenters. The minimum Gasteiger partial charge on any atom is -0.480 e. The lowest BCUT2D eigenvalue weighted by molar-refractivity contribution is -0.147. The first-order valence-corrected chi connectivity index (χ1v) is 7.54. The van der Waals surface area contributed by atoms with Gasteiger partial charge in [0.2, 0.25) is 5.91 Å². The highest BCUT2D eigenvalue weighted by molar-refractivity contribution is 8.00. The van der Waals surface area contributed by atoms with Crippen molar-refractivity contribution < 1.29 is 23.5 Å². The zero-order chi connectivity index (χ0) is 15.5. The molecule has 0 radical (unpaired) electrons. The molecule has 1 fully saturated rings. The molecule has 21 heavy (non-hydrogen) atoms. The van der Waals surface area contributed by atoms with Crippen LogP contribution >= 0.6 is 11.8 Å². The van der Waals surface area contributed by atoms with Crippen molar-refractivity contribution >= 4 is 23.6 Å². The van der Waals surface area contributed by atoms with E-state index in [2.05, 4.69) is 5.32 Å². The molecule has 1 amide bonds. The summed E-state index contributed by atoms with van der Waals surface area (Å²) < 4.78 is 25.8. The van der Waals surface area contributed by atoms with Crippen LogP contribution in [0.5, 0.6) is 0 Å². The number of halogens is 2. The predicted octanol–water partition coefficient (Wildman–Crippen LogP) is 2.57. The van der Waals surface area contributed by atoms with Crippen molar-refractivity contribution in [2.75, 3.05) is 5.75 Å². The van der Waals surface area contributed by atoms with Crippen LogP contribution in [0, 0.1) is 11.6 Å². The fraction of sp³-hybridized carbons (Fsp3) is 0.429. The van der Waals surface area contributed by atoms with Crippen LogP contribution in [0.3, 0.4) is 0 Å². The molecule has 2 rings (SSSR count). The van der Waals surface area contributed by atoms with Gasteiger partial charge in [0.15, 0.2) is 11.6 Å². The van der Waals surface area contributed by atoms with E-state index in [1.807, 2.05) is 0 Å². The summed E-state index contributed by atoms with van der Waals surface area (Å²) in [7, 11) is 0. The van der Waals surface area contributed by atoms with Gasteiger partial charge in [0.05, 0.1) is 5.75 Å². The Kier molecular flexibility index (Phi) is 4.82. The molecule has 1 saturated carbocycles. The van der Waals surface area contributed by atoms with Crippen LogP contribution in [0.4, 0.5) is 8.78 Å². The van der Waals surface area contributed by atoms with Crippen LogP contribution in [0.2, 0.25) is 0 Å². The first-order chi connectivity index (χ1) is 9.93. The molecule has 0 spiro atoms. The number of hydrogen-bond acceptors (Lipinski definition) is 3. The lowest BCUT2D eigenvalue weighted by Gasteiger charge is -2.25. The molecule has 0 bridgehead atoms. The number of amides is 1. The Morgan fingerprint density at radius 2 is 1.90 bits per heavy atom. The number of thioether (sulfide) groups is 1. The van der Waals surface area contributed by atoms with E-state index in [0.29, 0.717) is 17.7 Å². The normalized spacial score (nSPS) is 16.7. The lowest BCUT2D eigenvalue weighted by atomic mass is 9.98. The first kappa shape index (κ1) is 15.8. The van der Waals surface area contributed by atoms with Crippen molar-refractivity contribution in [3.8, 4) is 0 Å². The Bertz CT molecular complexity index is 559. The Morgan fingerprint density at radius 1 is 1.24 bits per heavy atom. The molecule has 7 heteroatoms. The quantitative estimate of drug-likeness (QED) is 0.820. The Morgan fingerprint density at radius 3 is 2.48 bits per heavy atom. The van der Waals surface area contributed by atoms with Gasteiger partial charge in [0, 0.05) is 4.90 Å². The molecule has 0 atom stereocenters. The third-order valence-corrected chi connectivity index (χ3v) is 4.50. The topological polar surface area (TPSA) is 66.4 Å². The van der Waals surface area contributed by atoms with E-state index in [1.54, 1.807) is 0 Å². The van der Waals surface area contributed by atoms with Gasteiger partial charge in [-0.3, -0.25) is 4.79 Å². The number of carbonyl (C=O) groups excluding carboxylic acids is 1. The maximum atomic E-state index is 13.0. The highest BCUT2D eigenvalue weighted by atomic mass is 32.2. The molecular formula is C14H15F2NO3S. The van der Waals surface area contributed by atoms with Crippen LogP contribution in [-0.2, 0) is 9.59 Å². The average molecular weight is 315 g/mol. The van der Waals surface area contributed by atoms with E-state index in [9.17, 15) is 23.5 Å². The number of carbonyl (C=O) groups is 2. The number of hydrogen-bond donors (Lipinski definition) is 2. The zero-order valence-corrected chi connectivity index (χ0v) is 12.0. The number of rotatable bonds is 5. The fourth-order valence-corrected chi connectivity index (χ4v) is 3.11. The Labute approximate surface area is 124 Å². The number of benzene rings is 1. The second-order valence-corrected chi connectivity index (χ2v) is 6.06. The van der Waals surface area contributed by atoms with Gasteiger partial charge in [-0.1, -0.05) is 12.8 Å². The predicted molar refractivity (Wildman–Crippen MR) is 74.1 cm³/mol. The van der Waals surface area contributed by atoms with E-state index < -0.39 is 29.0 Å². The molecule has 4 nitrogen and oxygen atoms in total. The summed E-state index contributed by atoms with van der Waals surface area (Å²) in [6.07, 6.45) is 2.37. The maximum Gasteiger partial charge on any atom is 0.329 e. The monoisotopic (exact) mass is 315 g/mol. The summed E-state index contributed by atoms with van der Waals surface area (Å²) in [6.45, 7) is 0. The van der Waals surface area contributed by atoms with Gasteiger partial charge in [-0.05, 0) is 31.0 Å². The first-order valence-electron chi connectivity index (χ1n) is 6.55. The van der Waals surface area contributed by atoms with Crippen molar-refractivity contribution in [3.05, 3.63) is 29.8 Å². The van der Waals surface area contributed by atoms with E-state index in [4.69, 9.17) is 0 Å². The summed E-state index contributed by atoms with van der Waals surface area (Å²) >= 11 is 1.03. The molecule has 0 saturated heterocycles. The average Bonchev–Trinajstić information content (AvgIpc) is 2.90. The Hall–Kier alpha value is -1.63. The minimum atomic E-state index is -1.17. The highest BCUT2D eigenvalue weighted by Crippen LogP contribution is 2.30. The molecule has 1 aromatic carbocycles. The van der Waals surface area contributed by atoms with Crippen molar-refractivity contribution in [3.63, 3.8) is 0 Å². The molecule has 1 aliphatic rings. The summed E-state index contributed by atoms with van der Waals surface area (Å²) in [4.78, 5) is 23.6. The third kappa shape index (κ3) is 3.72. The third-order valence-electron chi connectivity index (χ3n) is 3.51. The fourth-order valence-electron chi connectivity index (χ4n) is 2.39. The van der Waals surface area contributed by atoms with E-state index in [1.165, 1.54) is 6.07 Å². The summed E-state index contributed by atoms with van der Waals surface area (Å²) in [5, 5.41) is 11.8. The standard InChI is InChI=1S/C14H15F2NO3S/c15-10-4-3-9(7-11(10)16)21-8-12(18)17-14(13(19)20)5-1-2-6-14/h3-4,7H,1-2,5-6,8H2,(H,17,18)(H,19,20). The molecule has 1 aromatic rings. The van der Waals surface area contributed by atoms with Crippen LogP contribution in [0.25, 0.3) is 0 Å². The molecular weight excluding hydrogens is 300 g/mol. The second kappa shape index (κ2) is 6.43. The molecule has 114 valence electrons. The van der Waals surface area contributed by atoms with Gasteiger partial charge in [0.1, 0.15) is 5.54 Å². The van der Waals surface area contributed by atoms with Crippen molar-refractivity contribution in [2.45, 2.75) is 36.1 Å². The van der Waals surface area contributed by atoms with Crippen LogP contribution in [0.1, 0.15) is 25.7 Å². The van der Waals surface area contributed by atoms with Gasteiger partial charge in [0.25, 0.3) is 0 Å². The van der Waals surface area contributed by atoms with E-state index >= 15 is 0 Å². The lowest BCUT2D eigenvalue weighted by Crippen LogP contribution is -2.53. The minimum absolute atomic E-state index is 0.0416. The smallest absolute Gasteiger partial charge is 0.329 e. The van der Waals surface area contributed by atoms with Gasteiger partial charge < -0.3 is 10.4 Å². The second-order valence-electron chi connectivity index (χ2n) is 5.01. The van der Waals surface area contributed by atoms with Gasteiger partial charge in [-0.15, -0.1) is 11.8 Å².